The maximum absolute atomic E-state index is 10.8. The summed E-state index contributed by atoms with van der Waals surface area (Å²) in [6.07, 6.45) is 0. The first kappa shape index (κ1) is 8.49. The molecule has 66 valence electrons. The second kappa shape index (κ2) is 2.99. The van der Waals surface area contributed by atoms with Crippen LogP contribution in [0.4, 0.5) is 0 Å². The van der Waals surface area contributed by atoms with Crippen molar-refractivity contribution >= 4 is 39.6 Å². The lowest BCUT2D eigenvalue weighted by molar-refractivity contribution is 0.100. The Morgan fingerprint density at radius 2 is 2.31 bits per heavy atom. The van der Waals surface area contributed by atoms with Crippen molar-refractivity contribution in [2.45, 2.75) is 0 Å². The molecule has 0 saturated carbocycles. The van der Waals surface area contributed by atoms with Gasteiger partial charge in [-0.25, -0.2) is 4.98 Å². The number of aromatic nitrogens is 1. The number of nitrogens with two attached hydrogens (primary N) is 1. The van der Waals surface area contributed by atoms with E-state index in [2.05, 4.69) is 4.98 Å². The Balaban J connectivity index is 2.67. The molecule has 1 amide bonds. The van der Waals surface area contributed by atoms with Crippen molar-refractivity contribution in [3.63, 3.8) is 0 Å². The summed E-state index contributed by atoms with van der Waals surface area (Å²) in [4.78, 5) is 14.9. The van der Waals surface area contributed by atoms with Gasteiger partial charge in [0.15, 0.2) is 5.58 Å². The summed E-state index contributed by atoms with van der Waals surface area (Å²) >= 11 is 1.97. The Morgan fingerprint density at radius 1 is 1.54 bits per heavy atom. The summed E-state index contributed by atoms with van der Waals surface area (Å²) in [6.45, 7) is 0. The van der Waals surface area contributed by atoms with Crippen LogP contribution in [0.25, 0.3) is 11.1 Å². The van der Waals surface area contributed by atoms with E-state index in [1.807, 2.05) is 22.6 Å². The standard InChI is InChI=1S/C8H5IN2O2/c9-8-11-5-3-4(7(10)12)1-2-6(5)13-8/h1-3H,(H2,10,12). The van der Waals surface area contributed by atoms with Crippen LogP contribution >= 0.6 is 22.6 Å². The average molecular weight is 288 g/mol. The van der Waals surface area contributed by atoms with Crippen molar-refractivity contribution in [2.24, 2.45) is 5.73 Å². The maximum atomic E-state index is 10.8. The summed E-state index contributed by atoms with van der Waals surface area (Å²) in [6, 6.07) is 4.92. The number of carbonyl (C=O) groups is 1. The molecule has 0 spiro atoms. The maximum Gasteiger partial charge on any atom is 0.258 e. The molecule has 2 aromatic rings. The average Bonchev–Trinajstić information content (AvgIpc) is 2.42. The van der Waals surface area contributed by atoms with E-state index in [4.69, 9.17) is 10.2 Å². The highest BCUT2D eigenvalue weighted by molar-refractivity contribution is 14.1. The lowest BCUT2D eigenvalue weighted by Crippen LogP contribution is -2.10. The normalized spacial score (nSPS) is 10.5. The highest BCUT2D eigenvalue weighted by Crippen LogP contribution is 2.17. The molecule has 0 bridgehead atoms. The molecule has 1 aromatic carbocycles. The van der Waals surface area contributed by atoms with E-state index >= 15 is 0 Å². The van der Waals surface area contributed by atoms with Gasteiger partial charge in [-0.2, -0.15) is 0 Å². The van der Waals surface area contributed by atoms with Crippen molar-refractivity contribution in [3.8, 4) is 0 Å². The smallest absolute Gasteiger partial charge is 0.258 e. The molecule has 2 N–H and O–H groups in total. The number of hydrogen-bond donors (Lipinski definition) is 1. The second-order valence-corrected chi connectivity index (χ2v) is 3.44. The van der Waals surface area contributed by atoms with E-state index < -0.39 is 5.91 Å². The molecule has 1 heterocycles. The number of nitrogens with zero attached hydrogens (tertiary/aromatic N) is 1. The predicted octanol–water partition coefficient (Wildman–Crippen LogP) is 1.53. The van der Waals surface area contributed by atoms with Crippen molar-refractivity contribution in [2.75, 3.05) is 0 Å². The van der Waals surface area contributed by atoms with Crippen LogP contribution in [0.2, 0.25) is 0 Å². The topological polar surface area (TPSA) is 69.1 Å². The van der Waals surface area contributed by atoms with E-state index in [1.165, 1.54) is 0 Å². The van der Waals surface area contributed by atoms with Gasteiger partial charge in [0.25, 0.3) is 3.90 Å². The van der Waals surface area contributed by atoms with Gasteiger partial charge < -0.3 is 10.2 Å². The number of amides is 1. The molecule has 0 saturated heterocycles. The minimum atomic E-state index is -0.458. The van der Waals surface area contributed by atoms with Gasteiger partial charge in [-0.15, -0.1) is 0 Å². The Kier molecular flexibility index (Phi) is 1.95. The third-order valence-corrected chi connectivity index (χ3v) is 2.11. The first-order valence-corrected chi connectivity index (χ1v) is 4.60. The number of primary amides is 1. The molecule has 4 nitrogen and oxygen atoms in total. The van der Waals surface area contributed by atoms with Gasteiger partial charge in [0.2, 0.25) is 5.91 Å². The minimum absolute atomic E-state index is 0.442. The Bertz CT molecular complexity index is 478. The quantitative estimate of drug-likeness (QED) is 0.809. The largest absolute Gasteiger partial charge is 0.432 e. The Hall–Kier alpha value is -1.11. The Morgan fingerprint density at radius 3 is 3.00 bits per heavy atom. The summed E-state index contributed by atoms with van der Waals surface area (Å²) in [5.41, 5.74) is 6.87. The van der Waals surface area contributed by atoms with Gasteiger partial charge in [-0.3, -0.25) is 4.79 Å². The van der Waals surface area contributed by atoms with Crippen LogP contribution in [0.15, 0.2) is 22.6 Å². The van der Waals surface area contributed by atoms with E-state index in [0.29, 0.717) is 20.6 Å². The number of halogens is 1. The zero-order chi connectivity index (χ0) is 9.42. The molecule has 0 atom stereocenters. The zero-order valence-corrected chi connectivity index (χ0v) is 8.61. The SMILES string of the molecule is NC(=O)c1ccc2oc(I)nc2c1. The molecule has 0 aliphatic carbocycles. The van der Waals surface area contributed by atoms with Crippen LogP contribution in [-0.2, 0) is 0 Å². The van der Waals surface area contributed by atoms with Gasteiger partial charge in [0.1, 0.15) is 5.52 Å². The Labute approximate surface area is 87.3 Å². The van der Waals surface area contributed by atoms with Crippen molar-refractivity contribution in [1.82, 2.24) is 4.98 Å². The number of oxazole rings is 1. The first-order chi connectivity index (χ1) is 6.16. The van der Waals surface area contributed by atoms with E-state index in [9.17, 15) is 4.79 Å². The molecule has 2 rings (SSSR count). The van der Waals surface area contributed by atoms with E-state index in [1.54, 1.807) is 18.2 Å². The fraction of sp³-hybridized carbons (Fsp3) is 0. The van der Waals surface area contributed by atoms with Gasteiger partial charge in [0, 0.05) is 28.2 Å². The molecule has 1 aromatic heterocycles. The summed E-state index contributed by atoms with van der Waals surface area (Å²) in [5, 5.41) is 0. The zero-order valence-electron chi connectivity index (χ0n) is 6.45. The van der Waals surface area contributed by atoms with Crippen LogP contribution < -0.4 is 5.73 Å². The third kappa shape index (κ3) is 1.51. The molecule has 13 heavy (non-hydrogen) atoms. The van der Waals surface area contributed by atoms with Gasteiger partial charge >= 0.3 is 0 Å². The van der Waals surface area contributed by atoms with Gasteiger partial charge in [-0.1, -0.05) is 0 Å². The van der Waals surface area contributed by atoms with Crippen molar-refractivity contribution < 1.29 is 9.21 Å². The predicted molar refractivity (Wildman–Crippen MR) is 55.2 cm³/mol. The molecule has 0 unspecified atom stereocenters. The number of fused-ring (bicyclic) bond motifs is 1. The highest BCUT2D eigenvalue weighted by atomic mass is 127. The van der Waals surface area contributed by atoms with Crippen molar-refractivity contribution in [1.29, 1.82) is 0 Å². The van der Waals surface area contributed by atoms with Crippen LogP contribution in [-0.4, -0.2) is 10.9 Å². The molecule has 5 heteroatoms. The number of hydrogen-bond acceptors (Lipinski definition) is 3. The lowest BCUT2D eigenvalue weighted by atomic mass is 10.2. The fourth-order valence-corrected chi connectivity index (χ4v) is 1.55. The molecular weight excluding hydrogens is 283 g/mol. The molecule has 0 radical (unpaired) electrons. The molecule has 0 aliphatic heterocycles. The first-order valence-electron chi connectivity index (χ1n) is 3.53. The summed E-state index contributed by atoms with van der Waals surface area (Å²) in [7, 11) is 0. The fourth-order valence-electron chi connectivity index (χ4n) is 1.05. The molecular formula is C8H5IN2O2. The van der Waals surface area contributed by atoms with Crippen LogP contribution in [0.3, 0.4) is 0 Å². The van der Waals surface area contributed by atoms with E-state index in [-0.39, 0.29) is 0 Å². The number of benzene rings is 1. The second-order valence-electron chi connectivity index (χ2n) is 2.51. The monoisotopic (exact) mass is 288 g/mol. The van der Waals surface area contributed by atoms with Crippen LogP contribution in [0.5, 0.6) is 0 Å². The molecule has 0 aliphatic rings. The van der Waals surface area contributed by atoms with Gasteiger partial charge in [-0.05, 0) is 18.2 Å². The lowest BCUT2D eigenvalue weighted by Gasteiger charge is -1.92. The van der Waals surface area contributed by atoms with Crippen molar-refractivity contribution in [3.05, 3.63) is 27.7 Å². The van der Waals surface area contributed by atoms with Crippen LogP contribution in [0.1, 0.15) is 10.4 Å². The number of rotatable bonds is 1. The van der Waals surface area contributed by atoms with Crippen LogP contribution in [0, 0.1) is 3.90 Å². The third-order valence-electron chi connectivity index (χ3n) is 1.65. The van der Waals surface area contributed by atoms with Gasteiger partial charge in [0.05, 0.1) is 0 Å². The van der Waals surface area contributed by atoms with E-state index in [0.717, 1.165) is 0 Å². The highest BCUT2D eigenvalue weighted by Gasteiger charge is 2.06. The summed E-state index contributed by atoms with van der Waals surface area (Å²) in [5.74, 6) is -0.458. The molecule has 0 fully saturated rings. The minimum Gasteiger partial charge on any atom is -0.432 e. The number of carbonyl (C=O) groups excluding carboxylic acids is 1. The summed E-state index contributed by atoms with van der Waals surface area (Å²) < 4.78 is 5.78.